The lowest BCUT2D eigenvalue weighted by molar-refractivity contribution is -0.388. The molecule has 20 heavy (non-hydrogen) atoms. The first-order valence-electron chi connectivity index (χ1n) is 5.96. The molecule has 0 fully saturated rings. The molecule has 1 N–H and O–H groups in total. The summed E-state index contributed by atoms with van der Waals surface area (Å²) in [5, 5.41) is 13.9. The number of hydrogen-bond donors (Lipinski definition) is 1. The van der Waals surface area contributed by atoms with Crippen LogP contribution >= 0.6 is 0 Å². The van der Waals surface area contributed by atoms with Gasteiger partial charge in [0.2, 0.25) is 6.79 Å². The third kappa shape index (κ3) is 2.33. The molecular formula is C13H11N3O4. The van der Waals surface area contributed by atoms with Crippen molar-refractivity contribution >= 4 is 11.5 Å². The fourth-order valence-corrected chi connectivity index (χ4v) is 1.93. The van der Waals surface area contributed by atoms with Gasteiger partial charge in [-0.2, -0.15) is 0 Å². The Morgan fingerprint density at radius 1 is 1.30 bits per heavy atom. The molecule has 2 heterocycles. The van der Waals surface area contributed by atoms with Crippen molar-refractivity contribution < 1.29 is 14.4 Å². The fourth-order valence-electron chi connectivity index (χ4n) is 1.93. The van der Waals surface area contributed by atoms with Gasteiger partial charge in [0.05, 0.1) is 0 Å². The number of rotatable bonds is 4. The van der Waals surface area contributed by atoms with Crippen LogP contribution in [0.3, 0.4) is 0 Å². The molecular weight excluding hydrogens is 262 g/mol. The predicted molar refractivity (Wildman–Crippen MR) is 70.8 cm³/mol. The van der Waals surface area contributed by atoms with E-state index in [2.05, 4.69) is 10.3 Å². The Morgan fingerprint density at radius 2 is 2.15 bits per heavy atom. The van der Waals surface area contributed by atoms with Crippen molar-refractivity contribution in [2.24, 2.45) is 0 Å². The van der Waals surface area contributed by atoms with E-state index >= 15 is 0 Å². The van der Waals surface area contributed by atoms with Gasteiger partial charge in [-0.15, -0.1) is 0 Å². The number of hydrogen-bond acceptors (Lipinski definition) is 6. The lowest BCUT2D eigenvalue weighted by Gasteiger charge is -2.07. The summed E-state index contributed by atoms with van der Waals surface area (Å²) in [5.41, 5.74) is 1.32. The van der Waals surface area contributed by atoms with Gasteiger partial charge < -0.3 is 24.9 Å². The smallest absolute Gasteiger partial charge is 0.386 e. The molecule has 0 radical (unpaired) electrons. The number of anilines is 1. The number of benzene rings is 1. The second kappa shape index (κ2) is 5.04. The molecule has 0 atom stereocenters. The van der Waals surface area contributed by atoms with Crippen LogP contribution in [0.25, 0.3) is 0 Å². The van der Waals surface area contributed by atoms with Gasteiger partial charge in [-0.1, -0.05) is 6.07 Å². The Labute approximate surface area is 114 Å². The van der Waals surface area contributed by atoms with Gasteiger partial charge in [-0.05, 0) is 39.7 Å². The molecule has 7 heteroatoms. The molecule has 0 bridgehead atoms. The molecule has 0 unspecified atom stereocenters. The number of pyridine rings is 1. The zero-order valence-corrected chi connectivity index (χ0v) is 10.4. The molecule has 2 aromatic rings. The van der Waals surface area contributed by atoms with Crippen molar-refractivity contribution in [2.75, 3.05) is 12.1 Å². The van der Waals surface area contributed by atoms with Crippen molar-refractivity contribution in [3.05, 3.63) is 52.2 Å². The van der Waals surface area contributed by atoms with Crippen LogP contribution in [0.5, 0.6) is 11.5 Å². The maximum absolute atomic E-state index is 10.9. The molecule has 0 spiro atoms. The van der Waals surface area contributed by atoms with Gasteiger partial charge in [0.25, 0.3) is 0 Å². The molecule has 102 valence electrons. The molecule has 3 rings (SSSR count). The summed E-state index contributed by atoms with van der Waals surface area (Å²) >= 11 is 0. The van der Waals surface area contributed by atoms with E-state index in [9.17, 15) is 10.1 Å². The SMILES string of the molecule is O=[N+]([O-])c1ncccc1NCc1ccc2c(c1)OCO2. The lowest BCUT2D eigenvalue weighted by Crippen LogP contribution is -2.03. The highest BCUT2D eigenvalue weighted by Crippen LogP contribution is 2.32. The maximum Gasteiger partial charge on any atom is 0.386 e. The van der Waals surface area contributed by atoms with Crippen molar-refractivity contribution in [3.63, 3.8) is 0 Å². The molecule has 0 saturated carbocycles. The summed E-state index contributed by atoms with van der Waals surface area (Å²) < 4.78 is 10.5. The minimum Gasteiger partial charge on any atom is -0.454 e. The Hall–Kier alpha value is -2.83. The van der Waals surface area contributed by atoms with Crippen LogP contribution in [-0.2, 0) is 6.54 Å². The van der Waals surface area contributed by atoms with Gasteiger partial charge in [0.1, 0.15) is 11.9 Å². The van der Waals surface area contributed by atoms with Gasteiger partial charge in [0, 0.05) is 6.54 Å². The van der Waals surface area contributed by atoms with Gasteiger partial charge in [-0.25, -0.2) is 0 Å². The van der Waals surface area contributed by atoms with E-state index in [0.29, 0.717) is 23.7 Å². The van der Waals surface area contributed by atoms with Crippen LogP contribution in [0.2, 0.25) is 0 Å². The van der Waals surface area contributed by atoms with Crippen LogP contribution < -0.4 is 14.8 Å². The summed E-state index contributed by atoms with van der Waals surface area (Å²) in [4.78, 5) is 14.1. The van der Waals surface area contributed by atoms with Crippen molar-refractivity contribution in [1.29, 1.82) is 0 Å². The largest absolute Gasteiger partial charge is 0.454 e. The third-order valence-corrected chi connectivity index (χ3v) is 2.88. The normalized spacial score (nSPS) is 12.2. The monoisotopic (exact) mass is 273 g/mol. The van der Waals surface area contributed by atoms with Crippen LogP contribution in [0.1, 0.15) is 5.56 Å². The molecule has 7 nitrogen and oxygen atoms in total. The number of nitrogens with one attached hydrogen (secondary N) is 1. The Kier molecular flexibility index (Phi) is 3.08. The maximum atomic E-state index is 10.9. The zero-order valence-electron chi connectivity index (χ0n) is 10.4. The molecule has 1 aromatic heterocycles. The van der Waals surface area contributed by atoms with E-state index in [-0.39, 0.29) is 12.6 Å². The summed E-state index contributed by atoms with van der Waals surface area (Å²) in [7, 11) is 0. The Morgan fingerprint density at radius 3 is 3.00 bits per heavy atom. The molecule has 1 aliphatic rings. The van der Waals surface area contributed by atoms with Gasteiger partial charge >= 0.3 is 5.82 Å². The molecule has 1 aliphatic heterocycles. The second-order valence-corrected chi connectivity index (χ2v) is 4.17. The van der Waals surface area contributed by atoms with Gasteiger partial charge in [-0.3, -0.25) is 0 Å². The highest BCUT2D eigenvalue weighted by Gasteiger charge is 2.15. The number of aromatic nitrogens is 1. The first-order valence-corrected chi connectivity index (χ1v) is 5.96. The Balaban J connectivity index is 1.75. The minimum absolute atomic E-state index is 0.187. The average molecular weight is 273 g/mol. The highest BCUT2D eigenvalue weighted by molar-refractivity contribution is 5.57. The van der Waals surface area contributed by atoms with Crippen molar-refractivity contribution in [1.82, 2.24) is 4.98 Å². The van der Waals surface area contributed by atoms with Crippen LogP contribution in [0.4, 0.5) is 11.5 Å². The van der Waals surface area contributed by atoms with E-state index in [4.69, 9.17) is 9.47 Å². The standard InChI is InChI=1S/C13H11N3O4/c17-16(18)13-10(2-1-5-14-13)15-7-9-3-4-11-12(6-9)20-8-19-11/h1-6,15H,7-8H2. The summed E-state index contributed by atoms with van der Waals surface area (Å²) in [6, 6.07) is 8.81. The summed E-state index contributed by atoms with van der Waals surface area (Å²) in [5.74, 6) is 1.21. The quantitative estimate of drug-likeness (QED) is 0.679. The Bertz CT molecular complexity index is 660. The number of nitrogens with zero attached hydrogens (tertiary/aromatic N) is 2. The average Bonchev–Trinajstić information content (AvgIpc) is 2.92. The topological polar surface area (TPSA) is 86.5 Å². The van der Waals surface area contributed by atoms with Gasteiger partial charge in [0.15, 0.2) is 11.5 Å². The lowest BCUT2D eigenvalue weighted by atomic mass is 10.2. The van der Waals surface area contributed by atoms with Crippen LogP contribution in [0, 0.1) is 10.1 Å². The molecule has 0 amide bonds. The highest BCUT2D eigenvalue weighted by atomic mass is 16.7. The third-order valence-electron chi connectivity index (χ3n) is 2.88. The summed E-state index contributed by atoms with van der Waals surface area (Å²) in [6.07, 6.45) is 1.39. The fraction of sp³-hybridized carbons (Fsp3) is 0.154. The van der Waals surface area contributed by atoms with E-state index in [0.717, 1.165) is 5.56 Å². The van der Waals surface area contributed by atoms with Crippen molar-refractivity contribution in [2.45, 2.75) is 6.54 Å². The molecule has 1 aromatic carbocycles. The van der Waals surface area contributed by atoms with E-state index < -0.39 is 4.92 Å². The first-order chi connectivity index (χ1) is 9.74. The molecule has 0 aliphatic carbocycles. The minimum atomic E-state index is -0.512. The van der Waals surface area contributed by atoms with Crippen molar-refractivity contribution in [3.8, 4) is 11.5 Å². The van der Waals surface area contributed by atoms with Crippen LogP contribution in [0.15, 0.2) is 36.5 Å². The summed E-state index contributed by atoms with van der Waals surface area (Å²) in [6.45, 7) is 0.656. The second-order valence-electron chi connectivity index (χ2n) is 4.17. The zero-order chi connectivity index (χ0) is 13.9. The molecule has 0 saturated heterocycles. The first kappa shape index (κ1) is 12.2. The number of fused-ring (bicyclic) bond motifs is 1. The van der Waals surface area contributed by atoms with E-state index in [1.165, 1.54) is 6.20 Å². The number of nitro groups is 1. The number of ether oxygens (including phenoxy) is 2. The van der Waals surface area contributed by atoms with E-state index in [1.807, 2.05) is 18.2 Å². The van der Waals surface area contributed by atoms with Crippen LogP contribution in [-0.4, -0.2) is 16.7 Å². The predicted octanol–water partition coefficient (Wildman–Crippen LogP) is 2.33. The van der Waals surface area contributed by atoms with E-state index in [1.54, 1.807) is 12.1 Å².